The molecule has 0 bridgehead atoms. The normalized spacial score (nSPS) is 21.0. The molecule has 22 heavy (non-hydrogen) atoms. The number of rotatable bonds is 5. The Morgan fingerprint density at radius 3 is 2.68 bits per heavy atom. The molecule has 0 unspecified atom stereocenters. The van der Waals surface area contributed by atoms with Gasteiger partial charge in [0.15, 0.2) is 0 Å². The SMILES string of the molecule is CC[C@@H]1CN(c2nc(C)cc(N(C)C)n2)CCN1C[C@@H](C)O. The van der Waals surface area contributed by atoms with Crippen molar-refractivity contribution in [3.8, 4) is 0 Å². The number of hydrogen-bond donors (Lipinski definition) is 1. The number of nitrogens with zero attached hydrogens (tertiary/aromatic N) is 5. The van der Waals surface area contributed by atoms with Crippen LogP contribution in [0.2, 0.25) is 0 Å². The molecule has 0 saturated carbocycles. The lowest BCUT2D eigenvalue weighted by Crippen LogP contribution is -2.55. The summed E-state index contributed by atoms with van der Waals surface area (Å²) >= 11 is 0. The van der Waals surface area contributed by atoms with E-state index in [4.69, 9.17) is 0 Å². The number of hydrogen-bond acceptors (Lipinski definition) is 6. The van der Waals surface area contributed by atoms with Crippen molar-refractivity contribution in [3.05, 3.63) is 11.8 Å². The first-order valence-corrected chi connectivity index (χ1v) is 8.10. The van der Waals surface area contributed by atoms with Crippen LogP contribution in [-0.2, 0) is 0 Å². The summed E-state index contributed by atoms with van der Waals surface area (Å²) in [7, 11) is 4.00. The average Bonchev–Trinajstić information content (AvgIpc) is 2.46. The second-order valence-electron chi connectivity index (χ2n) is 6.41. The van der Waals surface area contributed by atoms with E-state index in [9.17, 15) is 5.11 Å². The number of aryl methyl sites for hydroxylation is 1. The van der Waals surface area contributed by atoms with E-state index < -0.39 is 0 Å². The van der Waals surface area contributed by atoms with Crippen molar-refractivity contribution in [3.63, 3.8) is 0 Å². The molecule has 1 aliphatic rings. The van der Waals surface area contributed by atoms with E-state index in [1.807, 2.05) is 38.9 Å². The van der Waals surface area contributed by atoms with E-state index in [-0.39, 0.29) is 6.10 Å². The Kier molecular flexibility index (Phi) is 5.58. The molecule has 1 aromatic rings. The zero-order valence-electron chi connectivity index (χ0n) is 14.5. The van der Waals surface area contributed by atoms with E-state index in [1.165, 1.54) is 0 Å². The van der Waals surface area contributed by atoms with Gasteiger partial charge in [0, 0.05) is 58.1 Å². The Morgan fingerprint density at radius 1 is 1.36 bits per heavy atom. The highest BCUT2D eigenvalue weighted by atomic mass is 16.3. The Balaban J connectivity index is 2.14. The second-order valence-corrected chi connectivity index (χ2v) is 6.41. The summed E-state index contributed by atoms with van der Waals surface area (Å²) in [4.78, 5) is 16.0. The van der Waals surface area contributed by atoms with Crippen LogP contribution in [-0.4, -0.2) is 72.4 Å². The lowest BCUT2D eigenvalue weighted by Gasteiger charge is -2.41. The minimum absolute atomic E-state index is 0.281. The van der Waals surface area contributed by atoms with E-state index in [0.29, 0.717) is 6.04 Å². The van der Waals surface area contributed by atoms with Gasteiger partial charge in [-0.15, -0.1) is 0 Å². The third kappa shape index (κ3) is 4.08. The molecule has 0 aliphatic carbocycles. The van der Waals surface area contributed by atoms with Crippen molar-refractivity contribution < 1.29 is 5.11 Å². The van der Waals surface area contributed by atoms with Crippen LogP contribution in [0.4, 0.5) is 11.8 Å². The molecule has 1 fully saturated rings. The number of aliphatic hydroxyl groups is 1. The molecule has 2 rings (SSSR count). The summed E-state index contributed by atoms with van der Waals surface area (Å²) in [6.07, 6.45) is 0.784. The van der Waals surface area contributed by atoms with Gasteiger partial charge in [0.25, 0.3) is 0 Å². The number of aromatic nitrogens is 2. The highest BCUT2D eigenvalue weighted by molar-refractivity contribution is 5.45. The maximum atomic E-state index is 9.65. The smallest absolute Gasteiger partial charge is 0.227 e. The van der Waals surface area contributed by atoms with Gasteiger partial charge in [-0.1, -0.05) is 6.92 Å². The van der Waals surface area contributed by atoms with Crippen LogP contribution >= 0.6 is 0 Å². The Hall–Kier alpha value is -1.40. The quantitative estimate of drug-likeness (QED) is 0.880. The third-order valence-corrected chi connectivity index (χ3v) is 4.14. The van der Waals surface area contributed by atoms with Crippen molar-refractivity contribution in [2.45, 2.75) is 39.3 Å². The lowest BCUT2D eigenvalue weighted by atomic mass is 10.1. The van der Waals surface area contributed by atoms with Crippen molar-refractivity contribution >= 4 is 11.8 Å². The van der Waals surface area contributed by atoms with Gasteiger partial charge in [-0.3, -0.25) is 4.90 Å². The number of β-amino-alcohol motifs (C(OH)–C–C–N with tert-alkyl or cyclic N) is 1. The largest absolute Gasteiger partial charge is 0.392 e. The van der Waals surface area contributed by atoms with Crippen LogP contribution in [0.1, 0.15) is 26.0 Å². The molecule has 2 atom stereocenters. The van der Waals surface area contributed by atoms with Crippen LogP contribution in [0, 0.1) is 6.92 Å². The monoisotopic (exact) mass is 307 g/mol. The van der Waals surface area contributed by atoms with Gasteiger partial charge in [0.1, 0.15) is 5.82 Å². The van der Waals surface area contributed by atoms with Crippen molar-refractivity contribution in [2.75, 3.05) is 50.1 Å². The molecule has 1 aromatic heterocycles. The first-order chi connectivity index (χ1) is 10.4. The van der Waals surface area contributed by atoms with E-state index in [2.05, 4.69) is 26.7 Å². The molecular weight excluding hydrogens is 278 g/mol. The average molecular weight is 307 g/mol. The summed E-state index contributed by atoms with van der Waals surface area (Å²) < 4.78 is 0. The molecule has 6 heteroatoms. The molecule has 0 aromatic carbocycles. The summed E-state index contributed by atoms with van der Waals surface area (Å²) in [5.74, 6) is 1.76. The van der Waals surface area contributed by atoms with Crippen LogP contribution in [0.3, 0.4) is 0 Å². The summed E-state index contributed by atoms with van der Waals surface area (Å²) in [6.45, 7) is 9.57. The molecule has 1 aliphatic heterocycles. The van der Waals surface area contributed by atoms with Crippen LogP contribution in [0.15, 0.2) is 6.07 Å². The van der Waals surface area contributed by atoms with Gasteiger partial charge in [-0.25, -0.2) is 4.98 Å². The highest BCUT2D eigenvalue weighted by Crippen LogP contribution is 2.20. The van der Waals surface area contributed by atoms with E-state index in [0.717, 1.165) is 50.1 Å². The summed E-state index contributed by atoms with van der Waals surface area (Å²) in [5, 5.41) is 9.65. The predicted molar refractivity (Wildman–Crippen MR) is 90.6 cm³/mol. The molecular formula is C16H29N5O. The Bertz CT molecular complexity index is 491. The maximum Gasteiger partial charge on any atom is 0.227 e. The van der Waals surface area contributed by atoms with Gasteiger partial charge < -0.3 is 14.9 Å². The van der Waals surface area contributed by atoms with Crippen LogP contribution in [0.5, 0.6) is 0 Å². The van der Waals surface area contributed by atoms with Gasteiger partial charge >= 0.3 is 0 Å². The van der Waals surface area contributed by atoms with Gasteiger partial charge in [-0.05, 0) is 20.3 Å². The first kappa shape index (κ1) is 17.0. The molecule has 124 valence electrons. The van der Waals surface area contributed by atoms with Gasteiger partial charge in [0.05, 0.1) is 6.10 Å². The zero-order chi connectivity index (χ0) is 16.3. The minimum atomic E-state index is -0.281. The molecule has 0 spiro atoms. The van der Waals surface area contributed by atoms with Gasteiger partial charge in [-0.2, -0.15) is 4.98 Å². The number of aliphatic hydroxyl groups excluding tert-OH is 1. The topological polar surface area (TPSA) is 55.7 Å². The molecule has 1 N–H and O–H groups in total. The number of anilines is 2. The van der Waals surface area contributed by atoms with Crippen molar-refractivity contribution in [1.29, 1.82) is 0 Å². The molecule has 6 nitrogen and oxygen atoms in total. The number of piperazine rings is 1. The Morgan fingerprint density at radius 2 is 2.09 bits per heavy atom. The molecule has 1 saturated heterocycles. The summed E-state index contributed by atoms with van der Waals surface area (Å²) in [6, 6.07) is 2.44. The third-order valence-electron chi connectivity index (χ3n) is 4.14. The predicted octanol–water partition coefficient (Wildman–Crippen LogP) is 1.13. The van der Waals surface area contributed by atoms with E-state index in [1.54, 1.807) is 0 Å². The van der Waals surface area contributed by atoms with Crippen LogP contribution in [0.25, 0.3) is 0 Å². The first-order valence-electron chi connectivity index (χ1n) is 8.10. The standard InChI is InChI=1S/C16H29N5O/c1-6-14-11-21(8-7-20(14)10-13(3)22)16-17-12(2)9-15(18-16)19(4)5/h9,13-14,22H,6-8,10-11H2,1-5H3/t13-,14-/m1/s1. The fourth-order valence-electron chi connectivity index (χ4n) is 2.95. The van der Waals surface area contributed by atoms with Gasteiger partial charge in [0.2, 0.25) is 5.95 Å². The highest BCUT2D eigenvalue weighted by Gasteiger charge is 2.28. The van der Waals surface area contributed by atoms with Crippen molar-refractivity contribution in [2.24, 2.45) is 0 Å². The Labute approximate surface area is 133 Å². The molecule has 0 radical (unpaired) electrons. The summed E-state index contributed by atoms with van der Waals surface area (Å²) in [5.41, 5.74) is 0.994. The van der Waals surface area contributed by atoms with Crippen LogP contribution < -0.4 is 9.80 Å². The fourth-order valence-corrected chi connectivity index (χ4v) is 2.95. The zero-order valence-corrected chi connectivity index (χ0v) is 14.5. The van der Waals surface area contributed by atoms with Crippen molar-refractivity contribution in [1.82, 2.24) is 14.9 Å². The maximum absolute atomic E-state index is 9.65. The lowest BCUT2D eigenvalue weighted by molar-refractivity contribution is 0.0882. The minimum Gasteiger partial charge on any atom is -0.392 e. The van der Waals surface area contributed by atoms with E-state index >= 15 is 0 Å². The fraction of sp³-hybridized carbons (Fsp3) is 0.750. The molecule has 0 amide bonds. The second kappa shape index (κ2) is 7.24. The molecule has 2 heterocycles.